The van der Waals surface area contributed by atoms with Gasteiger partial charge in [0.1, 0.15) is 5.15 Å². The monoisotopic (exact) mass is 341 g/mol. The van der Waals surface area contributed by atoms with E-state index in [2.05, 4.69) is 9.97 Å². The number of hydrogen-bond acceptors (Lipinski definition) is 4. The predicted molar refractivity (Wildman–Crippen MR) is 82.0 cm³/mol. The Kier molecular flexibility index (Phi) is 3.61. The van der Waals surface area contributed by atoms with E-state index in [1.54, 1.807) is 30.3 Å². The molecule has 8 heteroatoms. The molecule has 5 nitrogen and oxygen atoms in total. The first-order chi connectivity index (χ1) is 9.97. The molecule has 0 aliphatic rings. The van der Waals surface area contributed by atoms with Gasteiger partial charge in [-0.15, -0.1) is 0 Å². The van der Waals surface area contributed by atoms with Crippen LogP contribution in [-0.2, 0) is 15.8 Å². The topological polar surface area (TPSA) is 64.8 Å². The maximum Gasteiger partial charge on any atom is 0.244 e. The van der Waals surface area contributed by atoms with Gasteiger partial charge in [0, 0.05) is 6.20 Å². The van der Waals surface area contributed by atoms with Gasteiger partial charge in [-0.2, -0.15) is 4.98 Å². The molecule has 0 unspecified atom stereocenters. The molecule has 0 atom stereocenters. The molecule has 3 rings (SSSR count). The fourth-order valence-corrected chi connectivity index (χ4v) is 3.85. The van der Waals surface area contributed by atoms with Gasteiger partial charge in [0.25, 0.3) is 0 Å². The molecular weight excluding hydrogens is 333 g/mol. The fourth-order valence-electron chi connectivity index (χ4n) is 2.01. The summed E-state index contributed by atoms with van der Waals surface area (Å²) in [7, 11) is -3.62. The highest BCUT2D eigenvalue weighted by Crippen LogP contribution is 2.25. The summed E-state index contributed by atoms with van der Waals surface area (Å²) in [4.78, 5) is 7.75. The average molecular weight is 342 g/mol. The Morgan fingerprint density at radius 1 is 1.05 bits per heavy atom. The minimum atomic E-state index is -3.62. The summed E-state index contributed by atoms with van der Waals surface area (Å²) in [5, 5.41) is 0.471. The van der Waals surface area contributed by atoms with Crippen LogP contribution < -0.4 is 0 Å². The van der Waals surface area contributed by atoms with Crippen LogP contribution >= 0.6 is 23.2 Å². The van der Waals surface area contributed by atoms with Crippen molar-refractivity contribution < 1.29 is 8.42 Å². The highest BCUT2D eigenvalue weighted by atomic mass is 35.5. The molecule has 0 aliphatic carbocycles. The first-order valence-electron chi connectivity index (χ1n) is 5.95. The zero-order valence-corrected chi connectivity index (χ0v) is 12.9. The third-order valence-electron chi connectivity index (χ3n) is 2.93. The van der Waals surface area contributed by atoms with Gasteiger partial charge in [-0.05, 0) is 23.2 Å². The Morgan fingerprint density at radius 3 is 2.48 bits per heavy atom. The van der Waals surface area contributed by atoms with Crippen molar-refractivity contribution in [1.29, 1.82) is 0 Å². The van der Waals surface area contributed by atoms with Crippen molar-refractivity contribution in [2.24, 2.45) is 0 Å². The molecule has 2 heterocycles. The first kappa shape index (κ1) is 14.3. The summed E-state index contributed by atoms with van der Waals surface area (Å²) in [5.41, 5.74) is 0.863. The lowest BCUT2D eigenvalue weighted by Crippen LogP contribution is -2.14. The summed E-state index contributed by atoms with van der Waals surface area (Å²) < 4.78 is 26.1. The van der Waals surface area contributed by atoms with E-state index in [0.717, 1.165) is 3.97 Å². The van der Waals surface area contributed by atoms with E-state index in [1.165, 1.54) is 6.20 Å². The summed E-state index contributed by atoms with van der Waals surface area (Å²) in [5.74, 6) is -0.142. The second-order valence-electron chi connectivity index (χ2n) is 4.37. The van der Waals surface area contributed by atoms with Crippen LogP contribution in [0.15, 0.2) is 42.6 Å². The van der Waals surface area contributed by atoms with E-state index in [0.29, 0.717) is 10.9 Å². The lowest BCUT2D eigenvalue weighted by Gasteiger charge is -2.07. The molecule has 0 saturated carbocycles. The lowest BCUT2D eigenvalue weighted by atomic mass is 10.2. The fraction of sp³-hybridized carbons (Fsp3) is 0.0769. The van der Waals surface area contributed by atoms with E-state index in [4.69, 9.17) is 23.2 Å². The minimum Gasteiger partial charge on any atom is -0.228 e. The highest BCUT2D eigenvalue weighted by molar-refractivity contribution is 7.89. The molecule has 108 valence electrons. The largest absolute Gasteiger partial charge is 0.244 e. The van der Waals surface area contributed by atoms with Crippen molar-refractivity contribution >= 4 is 44.3 Å². The van der Waals surface area contributed by atoms with Crippen LogP contribution in [0.5, 0.6) is 0 Å². The SMILES string of the molecule is O=S(=O)(Cc1ccccc1)n1ccc2c(Cl)nc(Cl)nc21. The molecule has 0 saturated heterocycles. The first-order valence-corrected chi connectivity index (χ1v) is 8.31. The smallest absolute Gasteiger partial charge is 0.228 e. The molecule has 1 aromatic carbocycles. The van der Waals surface area contributed by atoms with Gasteiger partial charge in [0.05, 0.1) is 11.1 Å². The molecule has 21 heavy (non-hydrogen) atoms. The third-order valence-corrected chi connectivity index (χ3v) is 4.98. The van der Waals surface area contributed by atoms with Crippen LogP contribution in [0.2, 0.25) is 10.4 Å². The van der Waals surface area contributed by atoms with Gasteiger partial charge in [0.2, 0.25) is 15.3 Å². The second-order valence-corrected chi connectivity index (χ2v) is 6.92. The highest BCUT2D eigenvalue weighted by Gasteiger charge is 2.19. The number of rotatable bonds is 3. The number of nitrogens with zero attached hydrogens (tertiary/aromatic N) is 3. The van der Waals surface area contributed by atoms with E-state index < -0.39 is 10.0 Å². The van der Waals surface area contributed by atoms with Crippen LogP contribution in [0, 0.1) is 0 Å². The minimum absolute atomic E-state index is 0.0950. The molecule has 0 radical (unpaired) electrons. The maximum atomic E-state index is 12.5. The van der Waals surface area contributed by atoms with Crippen molar-refractivity contribution in [3.05, 3.63) is 58.6 Å². The number of halogens is 2. The normalized spacial score (nSPS) is 11.9. The Bertz CT molecular complexity index is 908. The average Bonchev–Trinajstić information content (AvgIpc) is 2.84. The molecule has 0 bridgehead atoms. The summed E-state index contributed by atoms with van der Waals surface area (Å²) in [6.07, 6.45) is 1.40. The molecule has 0 fully saturated rings. The van der Waals surface area contributed by atoms with Crippen molar-refractivity contribution in [2.45, 2.75) is 5.75 Å². The summed E-state index contributed by atoms with van der Waals surface area (Å²) in [6.45, 7) is 0. The number of hydrogen-bond donors (Lipinski definition) is 0. The van der Waals surface area contributed by atoms with Crippen molar-refractivity contribution in [2.75, 3.05) is 0 Å². The maximum absolute atomic E-state index is 12.5. The zero-order valence-electron chi connectivity index (χ0n) is 10.6. The van der Waals surface area contributed by atoms with Crippen molar-refractivity contribution in [3.63, 3.8) is 0 Å². The van der Waals surface area contributed by atoms with Gasteiger partial charge in [0.15, 0.2) is 5.65 Å². The van der Waals surface area contributed by atoms with Gasteiger partial charge < -0.3 is 0 Å². The summed E-state index contributed by atoms with van der Waals surface area (Å²) >= 11 is 11.7. The number of fused-ring (bicyclic) bond motifs is 1. The third kappa shape index (κ3) is 2.74. The van der Waals surface area contributed by atoms with Crippen LogP contribution in [0.3, 0.4) is 0 Å². The Morgan fingerprint density at radius 2 is 1.76 bits per heavy atom. The molecule has 0 spiro atoms. The van der Waals surface area contributed by atoms with Gasteiger partial charge in [-0.3, -0.25) is 0 Å². The second kappa shape index (κ2) is 5.29. The quantitative estimate of drug-likeness (QED) is 0.542. The Hall–Kier alpha value is -1.63. The van der Waals surface area contributed by atoms with E-state index in [9.17, 15) is 8.42 Å². The van der Waals surface area contributed by atoms with Crippen LogP contribution in [0.1, 0.15) is 5.56 Å². The van der Waals surface area contributed by atoms with Crippen molar-refractivity contribution in [3.8, 4) is 0 Å². The van der Waals surface area contributed by atoms with Crippen LogP contribution in [0.25, 0.3) is 11.0 Å². The molecule has 3 aromatic rings. The van der Waals surface area contributed by atoms with Gasteiger partial charge in [-0.1, -0.05) is 41.9 Å². The van der Waals surface area contributed by atoms with Gasteiger partial charge in [-0.25, -0.2) is 17.4 Å². The molecule has 0 N–H and O–H groups in total. The summed E-state index contributed by atoms with van der Waals surface area (Å²) in [6, 6.07) is 10.4. The molecule has 0 amide bonds. The zero-order chi connectivity index (χ0) is 15.0. The molecule has 2 aromatic heterocycles. The lowest BCUT2D eigenvalue weighted by molar-refractivity contribution is 0.588. The van der Waals surface area contributed by atoms with E-state index in [-0.39, 0.29) is 21.8 Å². The van der Waals surface area contributed by atoms with Gasteiger partial charge >= 0.3 is 0 Å². The number of benzene rings is 1. The van der Waals surface area contributed by atoms with E-state index >= 15 is 0 Å². The number of aromatic nitrogens is 3. The standard InChI is InChI=1S/C13H9Cl2N3O2S/c14-11-10-6-7-18(12(10)17-13(15)16-11)21(19,20)8-9-4-2-1-3-5-9/h1-7H,8H2. The van der Waals surface area contributed by atoms with E-state index in [1.807, 2.05) is 6.07 Å². The van der Waals surface area contributed by atoms with Crippen molar-refractivity contribution in [1.82, 2.24) is 13.9 Å². The predicted octanol–water partition coefficient (Wildman–Crippen LogP) is 3.12. The Labute approximate surface area is 131 Å². The van der Waals surface area contributed by atoms with Crippen LogP contribution in [-0.4, -0.2) is 22.4 Å². The van der Waals surface area contributed by atoms with Crippen LogP contribution in [0.4, 0.5) is 0 Å². The Balaban J connectivity index is 2.11. The molecular formula is C13H9Cl2N3O2S. The molecule has 0 aliphatic heterocycles.